The molecule has 2 saturated carbocycles. The highest BCUT2D eigenvalue weighted by Gasteiger charge is 2.41. The molecule has 5 heteroatoms. The third-order valence-electron chi connectivity index (χ3n) is 4.78. The maximum atomic E-state index is 11.0. The minimum absolute atomic E-state index is 0.350. The number of fused-ring (bicyclic) bond motifs is 2. The molecule has 0 radical (unpaired) electrons. The predicted molar refractivity (Wildman–Crippen MR) is 75.8 cm³/mol. The van der Waals surface area contributed by atoms with Crippen LogP contribution in [0.15, 0.2) is 0 Å². The van der Waals surface area contributed by atoms with Crippen molar-refractivity contribution < 1.29 is 9.90 Å². The Kier molecular flexibility index (Phi) is 3.25. The van der Waals surface area contributed by atoms with Crippen molar-refractivity contribution in [3.63, 3.8) is 0 Å². The Hall–Kier alpha value is -1.10. The highest BCUT2D eigenvalue weighted by molar-refractivity contribution is 7.17. The molecule has 104 valence electrons. The van der Waals surface area contributed by atoms with Gasteiger partial charge in [-0.1, -0.05) is 17.8 Å². The van der Waals surface area contributed by atoms with Gasteiger partial charge in [0.1, 0.15) is 4.88 Å². The number of anilines is 1. The van der Waals surface area contributed by atoms with Gasteiger partial charge in [-0.3, -0.25) is 0 Å². The lowest BCUT2D eigenvalue weighted by Gasteiger charge is -2.28. The number of carbonyl (C=O) groups is 1. The van der Waals surface area contributed by atoms with Crippen LogP contribution in [-0.4, -0.2) is 22.1 Å². The Bertz CT molecular complexity index is 500. The quantitative estimate of drug-likeness (QED) is 0.887. The summed E-state index contributed by atoms with van der Waals surface area (Å²) in [7, 11) is 0. The van der Waals surface area contributed by atoms with E-state index in [-0.39, 0.29) is 0 Å². The molecule has 1 aromatic rings. The zero-order valence-electron chi connectivity index (χ0n) is 11.3. The number of nitrogens with zero attached hydrogens (tertiary/aromatic N) is 1. The molecular weight excluding hydrogens is 260 g/mol. The van der Waals surface area contributed by atoms with E-state index in [9.17, 15) is 4.79 Å². The van der Waals surface area contributed by atoms with Crippen molar-refractivity contribution in [3.05, 3.63) is 10.6 Å². The van der Waals surface area contributed by atoms with Crippen LogP contribution in [0, 0.1) is 24.7 Å². The summed E-state index contributed by atoms with van der Waals surface area (Å²) in [5.41, 5.74) is 0.611. The van der Waals surface area contributed by atoms with Crippen LogP contribution < -0.4 is 5.32 Å². The number of carboxylic acids is 1. The van der Waals surface area contributed by atoms with E-state index < -0.39 is 5.97 Å². The molecule has 0 amide bonds. The Morgan fingerprint density at radius 3 is 2.79 bits per heavy atom. The summed E-state index contributed by atoms with van der Waals surface area (Å²) in [4.78, 5) is 15.7. The molecule has 2 aliphatic rings. The molecule has 2 N–H and O–H groups in total. The van der Waals surface area contributed by atoms with Crippen LogP contribution >= 0.6 is 11.3 Å². The minimum atomic E-state index is -0.879. The van der Waals surface area contributed by atoms with Gasteiger partial charge in [-0.2, -0.15) is 0 Å². The van der Waals surface area contributed by atoms with Crippen LogP contribution in [0.25, 0.3) is 0 Å². The minimum Gasteiger partial charge on any atom is -0.477 e. The van der Waals surface area contributed by atoms with Crippen molar-refractivity contribution in [1.82, 2.24) is 4.98 Å². The van der Waals surface area contributed by atoms with E-state index in [0.29, 0.717) is 16.6 Å². The highest BCUT2D eigenvalue weighted by atomic mass is 32.1. The molecule has 1 aromatic heterocycles. The zero-order chi connectivity index (χ0) is 13.6. The molecule has 0 spiro atoms. The first kappa shape index (κ1) is 12.9. The maximum Gasteiger partial charge on any atom is 0.347 e. The second-order valence-corrected chi connectivity index (χ2v) is 7.01. The fourth-order valence-electron chi connectivity index (χ4n) is 3.86. The van der Waals surface area contributed by atoms with Crippen LogP contribution in [0.3, 0.4) is 0 Å². The lowest BCUT2D eigenvalue weighted by atomic mass is 9.84. The summed E-state index contributed by atoms with van der Waals surface area (Å²) >= 11 is 1.25. The van der Waals surface area contributed by atoms with Crippen LogP contribution in [0.5, 0.6) is 0 Å². The number of aryl methyl sites for hydroxylation is 1. The maximum absolute atomic E-state index is 11.0. The van der Waals surface area contributed by atoms with Gasteiger partial charge < -0.3 is 10.4 Å². The van der Waals surface area contributed by atoms with Crippen molar-refractivity contribution in [3.8, 4) is 0 Å². The van der Waals surface area contributed by atoms with Gasteiger partial charge in [0.15, 0.2) is 5.13 Å². The van der Waals surface area contributed by atoms with Gasteiger partial charge in [-0.25, -0.2) is 9.78 Å². The summed E-state index contributed by atoms with van der Waals surface area (Å²) in [6.07, 6.45) is 5.51. The molecule has 2 bridgehead atoms. The van der Waals surface area contributed by atoms with E-state index in [1.165, 1.54) is 37.0 Å². The average Bonchev–Trinajstić information content (AvgIpc) is 3.03. The third-order valence-corrected chi connectivity index (χ3v) is 5.85. The second-order valence-electron chi connectivity index (χ2n) is 6.01. The number of carboxylic acid groups (broad SMARTS) is 1. The van der Waals surface area contributed by atoms with Crippen LogP contribution in [0.1, 0.15) is 48.0 Å². The van der Waals surface area contributed by atoms with Crippen LogP contribution in [-0.2, 0) is 0 Å². The van der Waals surface area contributed by atoms with Gasteiger partial charge in [-0.05, 0) is 50.9 Å². The fraction of sp³-hybridized carbons (Fsp3) is 0.714. The summed E-state index contributed by atoms with van der Waals surface area (Å²) in [6.45, 7) is 3.97. The molecule has 0 aliphatic heterocycles. The van der Waals surface area contributed by atoms with Gasteiger partial charge in [0.2, 0.25) is 0 Å². The molecule has 4 atom stereocenters. The van der Waals surface area contributed by atoms with Gasteiger partial charge in [0.25, 0.3) is 0 Å². The predicted octanol–water partition coefficient (Wildman–Crippen LogP) is 3.39. The van der Waals surface area contributed by atoms with Crippen molar-refractivity contribution in [1.29, 1.82) is 0 Å². The van der Waals surface area contributed by atoms with Crippen molar-refractivity contribution in [2.24, 2.45) is 17.8 Å². The Labute approximate surface area is 117 Å². The molecule has 19 heavy (non-hydrogen) atoms. The van der Waals surface area contributed by atoms with Crippen molar-refractivity contribution >= 4 is 22.4 Å². The van der Waals surface area contributed by atoms with E-state index in [4.69, 9.17) is 5.11 Å². The topological polar surface area (TPSA) is 62.2 Å². The molecule has 4 nitrogen and oxygen atoms in total. The number of aromatic nitrogens is 1. The van der Waals surface area contributed by atoms with Crippen molar-refractivity contribution in [2.75, 3.05) is 5.32 Å². The van der Waals surface area contributed by atoms with E-state index in [1.807, 2.05) is 0 Å². The highest BCUT2D eigenvalue weighted by Crippen LogP contribution is 2.49. The summed E-state index contributed by atoms with van der Waals surface area (Å²) in [5, 5.41) is 13.2. The second kappa shape index (κ2) is 4.78. The first-order chi connectivity index (χ1) is 9.04. The monoisotopic (exact) mass is 280 g/mol. The largest absolute Gasteiger partial charge is 0.477 e. The van der Waals surface area contributed by atoms with Gasteiger partial charge >= 0.3 is 5.97 Å². The van der Waals surface area contributed by atoms with E-state index in [2.05, 4.69) is 17.2 Å². The van der Waals surface area contributed by atoms with Crippen LogP contribution in [0.2, 0.25) is 0 Å². The molecule has 4 unspecified atom stereocenters. The van der Waals surface area contributed by atoms with Gasteiger partial charge in [-0.15, -0.1) is 0 Å². The Balaban J connectivity index is 1.68. The van der Waals surface area contributed by atoms with E-state index in [1.54, 1.807) is 6.92 Å². The van der Waals surface area contributed by atoms with Gasteiger partial charge in [0, 0.05) is 6.04 Å². The normalized spacial score (nSPS) is 30.5. The molecule has 0 saturated heterocycles. The zero-order valence-corrected chi connectivity index (χ0v) is 12.2. The molecule has 2 fully saturated rings. The SMILES string of the molecule is Cc1nc(NC(C)C2CC3CCC2C3)sc1C(=O)O. The number of thiazole rings is 1. The number of nitrogens with one attached hydrogen (secondary N) is 1. The Morgan fingerprint density at radius 2 is 2.26 bits per heavy atom. The molecule has 0 aromatic carbocycles. The average molecular weight is 280 g/mol. The standard InChI is InChI=1S/C14H20N2O2S/c1-7(11-6-9-3-4-10(11)5-9)15-14-16-8(2)12(19-14)13(17)18/h7,9-11H,3-6H2,1-2H3,(H,15,16)(H,17,18). The number of hydrogen-bond acceptors (Lipinski definition) is 4. The first-order valence-electron chi connectivity index (χ1n) is 7.02. The summed E-state index contributed by atoms with van der Waals surface area (Å²) in [5.74, 6) is 1.66. The third kappa shape index (κ3) is 2.36. The fourth-order valence-corrected chi connectivity index (χ4v) is 4.77. The molecule has 1 heterocycles. The summed E-state index contributed by atoms with van der Waals surface area (Å²) in [6, 6.07) is 0.391. The van der Waals surface area contributed by atoms with E-state index >= 15 is 0 Å². The smallest absolute Gasteiger partial charge is 0.347 e. The Morgan fingerprint density at radius 1 is 1.47 bits per heavy atom. The number of rotatable bonds is 4. The van der Waals surface area contributed by atoms with Crippen molar-refractivity contribution in [2.45, 2.75) is 45.6 Å². The molecule has 3 rings (SSSR count). The molecular formula is C14H20N2O2S. The van der Waals surface area contributed by atoms with E-state index in [0.717, 1.165) is 22.9 Å². The van der Waals surface area contributed by atoms with Crippen LogP contribution in [0.4, 0.5) is 5.13 Å². The number of aromatic carboxylic acids is 1. The van der Waals surface area contributed by atoms with Gasteiger partial charge in [0.05, 0.1) is 5.69 Å². The first-order valence-corrected chi connectivity index (χ1v) is 7.83. The lowest BCUT2D eigenvalue weighted by Crippen LogP contribution is -2.29. The number of hydrogen-bond donors (Lipinski definition) is 2. The molecule has 2 aliphatic carbocycles. The lowest BCUT2D eigenvalue weighted by molar-refractivity contribution is 0.0701. The summed E-state index contributed by atoms with van der Waals surface area (Å²) < 4.78 is 0.